The standard InChI is InChI=1S/C18H32O4/c1-6-8-9-13(7-2)16(19)20-22-21-18(5)11-10-14-12-15(18)17(14,3)4/h13-15H,6-12H2,1-5H3. The summed E-state index contributed by atoms with van der Waals surface area (Å²) in [4.78, 5) is 22.5. The highest BCUT2D eigenvalue weighted by Crippen LogP contribution is 2.63. The number of carbonyl (C=O) groups is 1. The van der Waals surface area contributed by atoms with Gasteiger partial charge in [0.05, 0.1) is 5.92 Å². The van der Waals surface area contributed by atoms with Crippen molar-refractivity contribution in [2.24, 2.45) is 23.2 Å². The Morgan fingerprint density at radius 3 is 2.55 bits per heavy atom. The first kappa shape index (κ1) is 17.7. The van der Waals surface area contributed by atoms with Crippen molar-refractivity contribution in [1.82, 2.24) is 0 Å². The lowest BCUT2D eigenvalue weighted by atomic mass is 9.44. The second kappa shape index (κ2) is 6.88. The molecule has 4 unspecified atom stereocenters. The number of carbonyl (C=O) groups excluding carboxylic acids is 1. The van der Waals surface area contributed by atoms with E-state index in [9.17, 15) is 4.79 Å². The Hall–Kier alpha value is -0.610. The molecule has 3 aliphatic rings. The Labute approximate surface area is 134 Å². The maximum Gasteiger partial charge on any atom is 0.348 e. The monoisotopic (exact) mass is 312 g/mol. The van der Waals surface area contributed by atoms with Crippen LogP contribution in [-0.4, -0.2) is 11.6 Å². The molecule has 3 saturated carbocycles. The van der Waals surface area contributed by atoms with E-state index >= 15 is 0 Å². The molecule has 0 amide bonds. The lowest BCUT2D eigenvalue weighted by molar-refractivity contribution is -0.535. The molecule has 4 heteroatoms. The third-order valence-electron chi connectivity index (χ3n) is 6.27. The molecular weight excluding hydrogens is 280 g/mol. The summed E-state index contributed by atoms with van der Waals surface area (Å²) in [5.41, 5.74) is -0.0445. The van der Waals surface area contributed by atoms with Crippen LogP contribution in [0.5, 0.6) is 0 Å². The zero-order valence-electron chi connectivity index (χ0n) is 14.8. The molecule has 3 fully saturated rings. The van der Waals surface area contributed by atoms with E-state index in [1.165, 1.54) is 6.42 Å². The molecule has 0 aromatic heterocycles. The zero-order valence-corrected chi connectivity index (χ0v) is 14.8. The molecule has 0 aromatic rings. The van der Waals surface area contributed by atoms with Crippen LogP contribution in [0.4, 0.5) is 0 Å². The highest BCUT2D eigenvalue weighted by molar-refractivity contribution is 5.71. The van der Waals surface area contributed by atoms with Crippen LogP contribution in [0.25, 0.3) is 0 Å². The van der Waals surface area contributed by atoms with Gasteiger partial charge in [-0.05, 0) is 61.3 Å². The highest BCUT2D eigenvalue weighted by Gasteiger charge is 2.61. The molecular formula is C18H32O4. The van der Waals surface area contributed by atoms with Crippen LogP contribution in [-0.2, 0) is 19.6 Å². The quantitative estimate of drug-likeness (QED) is 0.476. The van der Waals surface area contributed by atoms with Gasteiger partial charge in [-0.2, -0.15) is 4.89 Å². The van der Waals surface area contributed by atoms with Gasteiger partial charge in [0, 0.05) is 0 Å². The van der Waals surface area contributed by atoms with Crippen LogP contribution >= 0.6 is 0 Å². The van der Waals surface area contributed by atoms with Gasteiger partial charge in [0.2, 0.25) is 0 Å². The molecule has 4 atom stereocenters. The summed E-state index contributed by atoms with van der Waals surface area (Å²) >= 11 is 0. The van der Waals surface area contributed by atoms with E-state index in [-0.39, 0.29) is 17.5 Å². The normalized spacial score (nSPS) is 33.9. The maximum absolute atomic E-state index is 12.0. The Morgan fingerprint density at radius 1 is 1.27 bits per heavy atom. The second-order valence-corrected chi connectivity index (χ2v) is 7.96. The third kappa shape index (κ3) is 3.33. The number of fused-ring (bicyclic) bond motifs is 2. The van der Waals surface area contributed by atoms with Crippen molar-refractivity contribution in [3.63, 3.8) is 0 Å². The number of rotatable bonds is 8. The van der Waals surface area contributed by atoms with Gasteiger partial charge in [-0.25, -0.2) is 4.79 Å². The van der Waals surface area contributed by atoms with Crippen LogP contribution in [0.3, 0.4) is 0 Å². The van der Waals surface area contributed by atoms with E-state index in [1.54, 1.807) is 0 Å². The van der Waals surface area contributed by atoms with Crippen molar-refractivity contribution in [3.05, 3.63) is 0 Å². The summed E-state index contributed by atoms with van der Waals surface area (Å²) in [5.74, 6) is 0.878. The fourth-order valence-corrected chi connectivity index (χ4v) is 4.41. The van der Waals surface area contributed by atoms with Gasteiger partial charge in [0.1, 0.15) is 5.60 Å². The van der Waals surface area contributed by atoms with Crippen molar-refractivity contribution in [3.8, 4) is 0 Å². The van der Waals surface area contributed by atoms with E-state index in [0.717, 1.165) is 44.4 Å². The summed E-state index contributed by atoms with van der Waals surface area (Å²) in [6.45, 7) is 10.8. The smallest absolute Gasteiger partial charge is 0.269 e. The Kier molecular flexibility index (Phi) is 5.54. The molecule has 4 nitrogen and oxygen atoms in total. The lowest BCUT2D eigenvalue weighted by Gasteiger charge is -2.62. The van der Waals surface area contributed by atoms with Gasteiger partial charge in [-0.3, -0.25) is 4.89 Å². The van der Waals surface area contributed by atoms with E-state index in [1.807, 2.05) is 6.92 Å². The van der Waals surface area contributed by atoms with E-state index in [2.05, 4.69) is 27.7 Å². The van der Waals surface area contributed by atoms with Gasteiger partial charge in [0.15, 0.2) is 0 Å². The highest BCUT2D eigenvalue weighted by atomic mass is 17.5. The van der Waals surface area contributed by atoms with Crippen molar-refractivity contribution in [2.75, 3.05) is 0 Å². The summed E-state index contributed by atoms with van der Waals surface area (Å²) in [5, 5.41) is 4.94. The van der Waals surface area contributed by atoms with Crippen molar-refractivity contribution >= 4 is 5.97 Å². The average Bonchev–Trinajstić information content (AvgIpc) is 2.47. The van der Waals surface area contributed by atoms with Crippen molar-refractivity contribution in [1.29, 1.82) is 0 Å². The molecule has 0 aromatic carbocycles. The SMILES string of the molecule is CCCCC(CC)C(=O)OOOC1(C)CCC2CC1C2(C)C. The maximum atomic E-state index is 12.0. The Morgan fingerprint density at radius 2 is 2.00 bits per heavy atom. The zero-order chi connectivity index (χ0) is 16.4. The molecule has 0 aliphatic heterocycles. The van der Waals surface area contributed by atoms with Crippen molar-refractivity contribution < 1.29 is 19.6 Å². The molecule has 0 heterocycles. The summed E-state index contributed by atoms with van der Waals surface area (Å²) in [7, 11) is 0. The van der Waals surface area contributed by atoms with Gasteiger partial charge in [0.25, 0.3) is 0 Å². The van der Waals surface area contributed by atoms with Crippen LogP contribution in [0.15, 0.2) is 0 Å². The summed E-state index contributed by atoms with van der Waals surface area (Å²) < 4.78 is 0. The van der Waals surface area contributed by atoms with Gasteiger partial charge in [-0.1, -0.05) is 40.5 Å². The van der Waals surface area contributed by atoms with E-state index in [0.29, 0.717) is 11.3 Å². The number of hydrogen-bond donors (Lipinski definition) is 0. The second-order valence-electron chi connectivity index (χ2n) is 7.96. The molecule has 0 saturated heterocycles. The molecule has 3 rings (SSSR count). The van der Waals surface area contributed by atoms with Crippen LogP contribution in [0, 0.1) is 23.2 Å². The molecule has 3 aliphatic carbocycles. The fraction of sp³-hybridized carbons (Fsp3) is 0.944. The fourth-order valence-electron chi connectivity index (χ4n) is 4.41. The average molecular weight is 312 g/mol. The topological polar surface area (TPSA) is 44.8 Å². The first-order valence-electron chi connectivity index (χ1n) is 8.91. The minimum atomic E-state index is -0.344. The minimum absolute atomic E-state index is 0.0905. The third-order valence-corrected chi connectivity index (χ3v) is 6.27. The van der Waals surface area contributed by atoms with Crippen molar-refractivity contribution in [2.45, 2.75) is 85.2 Å². The van der Waals surface area contributed by atoms with Gasteiger partial charge < -0.3 is 0 Å². The largest absolute Gasteiger partial charge is 0.348 e. The van der Waals surface area contributed by atoms with Crippen LogP contribution < -0.4 is 0 Å². The Bertz CT molecular complexity index is 391. The molecule has 0 spiro atoms. The predicted octanol–water partition coefficient (Wildman–Crippen LogP) is 4.82. The molecule has 2 bridgehead atoms. The molecule has 0 radical (unpaired) electrons. The molecule has 128 valence electrons. The first-order valence-corrected chi connectivity index (χ1v) is 8.91. The molecule has 22 heavy (non-hydrogen) atoms. The van der Waals surface area contributed by atoms with E-state index in [4.69, 9.17) is 14.8 Å². The first-order chi connectivity index (χ1) is 10.3. The molecule has 0 N–H and O–H groups in total. The summed E-state index contributed by atoms with van der Waals surface area (Å²) in [6.07, 6.45) is 7.05. The van der Waals surface area contributed by atoms with Crippen LogP contribution in [0.2, 0.25) is 0 Å². The van der Waals surface area contributed by atoms with E-state index < -0.39 is 0 Å². The predicted molar refractivity (Wildman–Crippen MR) is 84.6 cm³/mol. The minimum Gasteiger partial charge on any atom is -0.269 e. The lowest BCUT2D eigenvalue weighted by Crippen LogP contribution is -2.61. The van der Waals surface area contributed by atoms with Crippen LogP contribution in [0.1, 0.15) is 79.6 Å². The summed E-state index contributed by atoms with van der Waals surface area (Å²) in [6, 6.07) is 0. The Balaban J connectivity index is 1.79. The number of hydrogen-bond acceptors (Lipinski definition) is 4. The van der Waals surface area contributed by atoms with Gasteiger partial charge >= 0.3 is 5.97 Å². The van der Waals surface area contributed by atoms with Gasteiger partial charge in [-0.15, -0.1) is 0 Å². The number of unbranched alkanes of at least 4 members (excludes halogenated alkanes) is 1.